The highest BCUT2D eigenvalue weighted by atomic mass is 16.5. The minimum Gasteiger partial charge on any atom is -0.379 e. The Morgan fingerprint density at radius 3 is 2.15 bits per heavy atom. The molecule has 0 aliphatic heterocycles. The van der Waals surface area contributed by atoms with Gasteiger partial charge in [-0.05, 0) is 64.7 Å². The van der Waals surface area contributed by atoms with Crippen molar-refractivity contribution >= 4 is 0 Å². The van der Waals surface area contributed by atoms with Crippen molar-refractivity contribution in [1.29, 1.82) is 0 Å². The molecule has 120 valence electrons. The summed E-state index contributed by atoms with van der Waals surface area (Å²) in [6.45, 7) is 11.8. The van der Waals surface area contributed by atoms with Crippen molar-refractivity contribution in [3.05, 3.63) is 0 Å². The summed E-state index contributed by atoms with van der Waals surface area (Å²) in [6.07, 6.45) is 6.51. The molecule has 0 radical (unpaired) electrons. The summed E-state index contributed by atoms with van der Waals surface area (Å²) < 4.78 is 11.7. The van der Waals surface area contributed by atoms with E-state index in [4.69, 9.17) is 15.2 Å². The van der Waals surface area contributed by atoms with Crippen LogP contribution in [0.3, 0.4) is 0 Å². The van der Waals surface area contributed by atoms with E-state index in [9.17, 15) is 0 Å². The second kappa shape index (κ2) is 6.76. The Labute approximate surface area is 125 Å². The molecule has 3 nitrogen and oxygen atoms in total. The molecule has 1 aliphatic rings. The van der Waals surface area contributed by atoms with Crippen molar-refractivity contribution in [3.63, 3.8) is 0 Å². The molecular weight excluding hydrogens is 250 g/mol. The van der Waals surface area contributed by atoms with Gasteiger partial charge < -0.3 is 15.2 Å². The fourth-order valence-electron chi connectivity index (χ4n) is 3.13. The summed E-state index contributed by atoms with van der Waals surface area (Å²) in [6, 6.07) is 0.105. The van der Waals surface area contributed by atoms with Gasteiger partial charge in [-0.15, -0.1) is 0 Å². The van der Waals surface area contributed by atoms with Crippen molar-refractivity contribution in [2.75, 3.05) is 13.7 Å². The van der Waals surface area contributed by atoms with Gasteiger partial charge >= 0.3 is 0 Å². The lowest BCUT2D eigenvalue weighted by Crippen LogP contribution is -2.53. The number of ether oxygens (including phenoxy) is 2. The molecule has 3 heteroatoms. The lowest BCUT2D eigenvalue weighted by atomic mass is 9.67. The average Bonchev–Trinajstić information content (AvgIpc) is 2.39. The first-order valence-electron chi connectivity index (χ1n) is 8.11. The topological polar surface area (TPSA) is 44.5 Å². The Morgan fingerprint density at radius 2 is 1.70 bits per heavy atom. The molecular formula is C17H35NO2. The lowest BCUT2D eigenvalue weighted by molar-refractivity contribution is -0.104. The van der Waals surface area contributed by atoms with Gasteiger partial charge in [-0.1, -0.05) is 13.8 Å². The standard InChI is InChI=1S/C17H35NO2/c1-7-20-17(12-10-15(2,3)11-13-17)14(18)8-9-16(4,5)19-6/h14H,7-13,18H2,1-6H3. The number of methoxy groups -OCH3 is 1. The van der Waals surface area contributed by atoms with E-state index in [2.05, 4.69) is 34.6 Å². The van der Waals surface area contributed by atoms with E-state index in [1.54, 1.807) is 7.11 Å². The van der Waals surface area contributed by atoms with Crippen molar-refractivity contribution in [2.24, 2.45) is 11.1 Å². The smallest absolute Gasteiger partial charge is 0.0832 e. The highest BCUT2D eigenvalue weighted by Crippen LogP contribution is 2.44. The Bertz CT molecular complexity index is 289. The van der Waals surface area contributed by atoms with E-state index in [0.29, 0.717) is 5.41 Å². The molecule has 0 aromatic rings. The molecule has 0 aromatic carbocycles. The largest absolute Gasteiger partial charge is 0.379 e. The van der Waals surface area contributed by atoms with Crippen LogP contribution in [0.5, 0.6) is 0 Å². The number of hydrogen-bond donors (Lipinski definition) is 1. The van der Waals surface area contributed by atoms with Crippen LogP contribution in [0.2, 0.25) is 0 Å². The van der Waals surface area contributed by atoms with E-state index in [0.717, 1.165) is 32.3 Å². The van der Waals surface area contributed by atoms with Crippen LogP contribution in [0.15, 0.2) is 0 Å². The molecule has 1 fully saturated rings. The fourth-order valence-corrected chi connectivity index (χ4v) is 3.13. The second-order valence-corrected chi connectivity index (χ2v) is 7.77. The first kappa shape index (κ1) is 17.9. The Kier molecular flexibility index (Phi) is 6.06. The zero-order chi connectivity index (χ0) is 15.4. The number of nitrogens with two attached hydrogens (primary N) is 1. The molecule has 0 aromatic heterocycles. The van der Waals surface area contributed by atoms with Crippen LogP contribution in [-0.2, 0) is 9.47 Å². The van der Waals surface area contributed by atoms with Crippen LogP contribution in [0.4, 0.5) is 0 Å². The van der Waals surface area contributed by atoms with Crippen molar-refractivity contribution < 1.29 is 9.47 Å². The predicted molar refractivity (Wildman–Crippen MR) is 84.9 cm³/mol. The van der Waals surface area contributed by atoms with Gasteiger partial charge in [0.1, 0.15) is 0 Å². The van der Waals surface area contributed by atoms with Crippen LogP contribution in [0, 0.1) is 5.41 Å². The summed E-state index contributed by atoms with van der Waals surface area (Å²) in [5.74, 6) is 0. The van der Waals surface area contributed by atoms with Crippen LogP contribution in [0.1, 0.15) is 73.1 Å². The minimum atomic E-state index is -0.117. The van der Waals surface area contributed by atoms with E-state index < -0.39 is 0 Å². The molecule has 20 heavy (non-hydrogen) atoms. The molecule has 1 unspecified atom stereocenters. The summed E-state index contributed by atoms with van der Waals surface area (Å²) in [5.41, 5.74) is 6.76. The maximum absolute atomic E-state index is 6.54. The molecule has 1 saturated carbocycles. The van der Waals surface area contributed by atoms with Crippen LogP contribution >= 0.6 is 0 Å². The third-order valence-electron chi connectivity index (χ3n) is 5.17. The van der Waals surface area contributed by atoms with Gasteiger partial charge in [0.25, 0.3) is 0 Å². The molecule has 0 saturated heterocycles. The highest BCUT2D eigenvalue weighted by molar-refractivity contribution is 4.98. The molecule has 2 N–H and O–H groups in total. The van der Waals surface area contributed by atoms with E-state index in [-0.39, 0.29) is 17.2 Å². The maximum Gasteiger partial charge on any atom is 0.0832 e. The van der Waals surface area contributed by atoms with Crippen LogP contribution in [0.25, 0.3) is 0 Å². The van der Waals surface area contributed by atoms with Crippen molar-refractivity contribution in [1.82, 2.24) is 0 Å². The Balaban J connectivity index is 2.66. The Hall–Kier alpha value is -0.120. The average molecular weight is 285 g/mol. The summed E-state index contributed by atoms with van der Waals surface area (Å²) in [7, 11) is 1.77. The van der Waals surface area contributed by atoms with Gasteiger partial charge in [0.2, 0.25) is 0 Å². The molecule has 1 aliphatic carbocycles. The van der Waals surface area contributed by atoms with Crippen LogP contribution < -0.4 is 5.73 Å². The summed E-state index contributed by atoms with van der Waals surface area (Å²) >= 11 is 0. The first-order valence-corrected chi connectivity index (χ1v) is 8.11. The van der Waals surface area contributed by atoms with Gasteiger partial charge in [-0.3, -0.25) is 0 Å². The zero-order valence-electron chi connectivity index (χ0n) is 14.4. The monoisotopic (exact) mass is 285 g/mol. The van der Waals surface area contributed by atoms with Gasteiger partial charge in [0.15, 0.2) is 0 Å². The predicted octanol–water partition coefficient (Wildman–Crippen LogP) is 3.89. The first-order chi connectivity index (χ1) is 9.16. The molecule has 0 amide bonds. The third kappa shape index (κ3) is 4.71. The molecule has 0 bridgehead atoms. The van der Waals surface area contributed by atoms with E-state index in [1.165, 1.54) is 12.8 Å². The normalized spacial score (nSPS) is 23.6. The van der Waals surface area contributed by atoms with Gasteiger partial charge in [-0.25, -0.2) is 0 Å². The Morgan fingerprint density at radius 1 is 1.15 bits per heavy atom. The highest BCUT2D eigenvalue weighted by Gasteiger charge is 2.43. The fraction of sp³-hybridized carbons (Fsp3) is 1.00. The minimum absolute atomic E-state index is 0.0983. The molecule has 0 spiro atoms. The molecule has 1 atom stereocenters. The third-order valence-corrected chi connectivity index (χ3v) is 5.17. The van der Waals surface area contributed by atoms with Gasteiger partial charge in [0, 0.05) is 19.8 Å². The molecule has 0 heterocycles. The second-order valence-electron chi connectivity index (χ2n) is 7.77. The summed E-state index contributed by atoms with van der Waals surface area (Å²) in [5, 5.41) is 0. The lowest BCUT2D eigenvalue weighted by Gasteiger charge is -2.47. The number of hydrogen-bond acceptors (Lipinski definition) is 3. The van der Waals surface area contributed by atoms with Gasteiger partial charge in [-0.2, -0.15) is 0 Å². The van der Waals surface area contributed by atoms with Gasteiger partial charge in [0.05, 0.1) is 11.2 Å². The SMILES string of the molecule is CCOC1(C(N)CCC(C)(C)OC)CCC(C)(C)CC1. The van der Waals surface area contributed by atoms with E-state index >= 15 is 0 Å². The summed E-state index contributed by atoms with van der Waals surface area (Å²) in [4.78, 5) is 0. The zero-order valence-corrected chi connectivity index (χ0v) is 14.4. The van der Waals surface area contributed by atoms with Crippen LogP contribution in [-0.4, -0.2) is 31.0 Å². The maximum atomic E-state index is 6.54. The molecule has 1 rings (SSSR count). The quantitative estimate of drug-likeness (QED) is 0.771. The number of rotatable bonds is 7. The van der Waals surface area contributed by atoms with E-state index in [1.807, 2.05) is 0 Å². The van der Waals surface area contributed by atoms with Crippen molar-refractivity contribution in [3.8, 4) is 0 Å². The van der Waals surface area contributed by atoms with Crippen molar-refractivity contribution in [2.45, 2.75) is 90.4 Å².